The van der Waals surface area contributed by atoms with Crippen molar-refractivity contribution in [3.63, 3.8) is 0 Å². The van der Waals surface area contributed by atoms with E-state index < -0.39 is 5.95 Å². The molecule has 2 rings (SSSR count). The van der Waals surface area contributed by atoms with Gasteiger partial charge in [0.25, 0.3) is 0 Å². The molecule has 2 heterocycles. The number of nitrogens with zero attached hydrogens (tertiary/aromatic N) is 5. The zero-order chi connectivity index (χ0) is 13.1. The largest absolute Gasteiger partial charge is 0.382 e. The predicted octanol–water partition coefficient (Wildman–Crippen LogP) is 2.01. The van der Waals surface area contributed by atoms with Crippen LogP contribution in [-0.2, 0) is 0 Å². The van der Waals surface area contributed by atoms with Crippen LogP contribution >= 0.6 is 0 Å². The maximum Gasteiger partial charge on any atom is 0.212 e. The zero-order valence-electron chi connectivity index (χ0n) is 9.92. The lowest BCUT2D eigenvalue weighted by Crippen LogP contribution is -2.09. The Kier molecular flexibility index (Phi) is 3.18. The molecule has 18 heavy (non-hydrogen) atoms. The molecule has 0 atom stereocenters. The van der Waals surface area contributed by atoms with Crippen molar-refractivity contribution in [2.75, 3.05) is 24.7 Å². The molecule has 94 valence electrons. The molecule has 0 fully saturated rings. The van der Waals surface area contributed by atoms with Gasteiger partial charge in [0.05, 0.1) is 6.20 Å². The maximum absolute atomic E-state index is 12.6. The summed E-state index contributed by atoms with van der Waals surface area (Å²) in [6.07, 6.45) is 1.28. The van der Waals surface area contributed by atoms with Crippen LogP contribution in [0.5, 0.6) is 0 Å². The third-order valence-corrected chi connectivity index (χ3v) is 2.15. The van der Waals surface area contributed by atoms with Gasteiger partial charge in [-0.05, 0) is 12.1 Å². The molecule has 3 N–H and O–H groups in total. The van der Waals surface area contributed by atoms with E-state index in [1.807, 2.05) is 14.1 Å². The average Bonchev–Trinajstić information content (AvgIpc) is 2.70. The summed E-state index contributed by atoms with van der Waals surface area (Å²) < 4.78 is 12.6. The lowest BCUT2D eigenvalue weighted by Gasteiger charge is -2.07. The van der Waals surface area contributed by atoms with Gasteiger partial charge in [0, 0.05) is 14.1 Å². The first-order valence-electron chi connectivity index (χ1n) is 5.12. The minimum Gasteiger partial charge on any atom is -0.382 e. The van der Waals surface area contributed by atoms with Crippen LogP contribution in [0.3, 0.4) is 0 Å². The summed E-state index contributed by atoms with van der Waals surface area (Å²) >= 11 is 0. The van der Waals surface area contributed by atoms with Crippen LogP contribution in [0.25, 0.3) is 0 Å². The number of hydrogen-bond donors (Lipinski definition) is 2. The van der Waals surface area contributed by atoms with Crippen LogP contribution in [0.2, 0.25) is 0 Å². The van der Waals surface area contributed by atoms with Gasteiger partial charge in [-0.3, -0.25) is 5.10 Å². The molecule has 0 aliphatic carbocycles. The van der Waals surface area contributed by atoms with Gasteiger partial charge in [-0.1, -0.05) is 0 Å². The van der Waals surface area contributed by atoms with E-state index in [1.54, 1.807) is 4.90 Å². The van der Waals surface area contributed by atoms with Gasteiger partial charge in [-0.25, -0.2) is 4.98 Å². The standard InChI is InChI=1S/C10H12FN7/c1-18(2)10-8(9(12)16-17-10)15-14-6-3-4-7(11)13-5-6/h3-5H,1-2H3,(H3,12,16,17). The molecular weight excluding hydrogens is 237 g/mol. The quantitative estimate of drug-likeness (QED) is 0.642. The molecule has 0 aliphatic rings. The van der Waals surface area contributed by atoms with Crippen molar-refractivity contribution in [3.8, 4) is 0 Å². The fourth-order valence-corrected chi connectivity index (χ4v) is 1.28. The fourth-order valence-electron chi connectivity index (χ4n) is 1.28. The first kappa shape index (κ1) is 12.0. The smallest absolute Gasteiger partial charge is 0.212 e. The van der Waals surface area contributed by atoms with Gasteiger partial charge in [0.2, 0.25) is 5.95 Å². The van der Waals surface area contributed by atoms with Crippen molar-refractivity contribution in [2.45, 2.75) is 0 Å². The van der Waals surface area contributed by atoms with Crippen LogP contribution in [0, 0.1) is 5.95 Å². The predicted molar refractivity (Wildman–Crippen MR) is 65.7 cm³/mol. The van der Waals surface area contributed by atoms with Crippen LogP contribution < -0.4 is 10.6 Å². The van der Waals surface area contributed by atoms with Gasteiger partial charge in [-0.2, -0.15) is 9.49 Å². The molecule has 0 amide bonds. The number of nitrogens with two attached hydrogens (primary N) is 1. The highest BCUT2D eigenvalue weighted by molar-refractivity contribution is 5.72. The molecule has 0 bridgehead atoms. The third-order valence-electron chi connectivity index (χ3n) is 2.15. The second-order valence-corrected chi connectivity index (χ2v) is 3.74. The minimum atomic E-state index is -0.564. The number of nitrogens with one attached hydrogen (secondary N) is 1. The van der Waals surface area contributed by atoms with E-state index in [0.29, 0.717) is 23.0 Å². The Morgan fingerprint density at radius 2 is 2.11 bits per heavy atom. The van der Waals surface area contributed by atoms with Crippen molar-refractivity contribution in [1.29, 1.82) is 0 Å². The summed E-state index contributed by atoms with van der Waals surface area (Å²) in [6.45, 7) is 0. The van der Waals surface area contributed by atoms with E-state index in [2.05, 4.69) is 25.4 Å². The fraction of sp³-hybridized carbons (Fsp3) is 0.200. The average molecular weight is 249 g/mol. The zero-order valence-corrected chi connectivity index (χ0v) is 9.92. The molecule has 2 aromatic heterocycles. The number of anilines is 2. The van der Waals surface area contributed by atoms with E-state index in [9.17, 15) is 4.39 Å². The highest BCUT2D eigenvalue weighted by Gasteiger charge is 2.12. The summed E-state index contributed by atoms with van der Waals surface area (Å²) in [5.74, 6) is 0.328. The summed E-state index contributed by atoms with van der Waals surface area (Å²) in [6, 6.07) is 2.68. The highest BCUT2D eigenvalue weighted by Crippen LogP contribution is 2.31. The van der Waals surface area contributed by atoms with Crippen LogP contribution in [-0.4, -0.2) is 29.3 Å². The van der Waals surface area contributed by atoms with E-state index in [-0.39, 0.29) is 0 Å². The third kappa shape index (κ3) is 2.42. The van der Waals surface area contributed by atoms with Crippen LogP contribution in [0.4, 0.5) is 27.4 Å². The lowest BCUT2D eigenvalue weighted by molar-refractivity contribution is 0.584. The number of pyridine rings is 1. The summed E-state index contributed by atoms with van der Waals surface area (Å²) in [5.41, 5.74) is 6.56. The molecule has 0 aliphatic heterocycles. The number of hydrogen-bond acceptors (Lipinski definition) is 6. The van der Waals surface area contributed by atoms with Gasteiger partial charge < -0.3 is 10.6 Å². The molecule has 0 unspecified atom stereocenters. The van der Waals surface area contributed by atoms with Crippen molar-refractivity contribution in [2.24, 2.45) is 10.2 Å². The Labute approximate surface area is 103 Å². The van der Waals surface area contributed by atoms with Crippen molar-refractivity contribution in [3.05, 3.63) is 24.3 Å². The number of aromatic nitrogens is 3. The molecule has 0 saturated carbocycles. The molecular formula is C10H12FN7. The number of H-pyrrole nitrogens is 1. The Balaban J connectivity index is 2.28. The van der Waals surface area contributed by atoms with Gasteiger partial charge in [-0.15, -0.1) is 10.2 Å². The Morgan fingerprint density at radius 1 is 1.33 bits per heavy atom. The number of azo groups is 1. The molecule has 2 aromatic rings. The topological polar surface area (TPSA) is 95.5 Å². The monoisotopic (exact) mass is 249 g/mol. The molecule has 0 spiro atoms. The summed E-state index contributed by atoms with van der Waals surface area (Å²) in [5, 5.41) is 14.5. The van der Waals surface area contributed by atoms with E-state index in [4.69, 9.17) is 5.73 Å². The Morgan fingerprint density at radius 3 is 2.72 bits per heavy atom. The molecule has 0 aromatic carbocycles. The van der Waals surface area contributed by atoms with E-state index >= 15 is 0 Å². The second kappa shape index (κ2) is 4.78. The molecule has 0 saturated heterocycles. The Bertz CT molecular complexity index is 558. The van der Waals surface area contributed by atoms with Gasteiger partial charge >= 0.3 is 0 Å². The molecule has 8 heteroatoms. The van der Waals surface area contributed by atoms with Crippen molar-refractivity contribution >= 4 is 23.0 Å². The number of aromatic amines is 1. The van der Waals surface area contributed by atoms with E-state index in [1.165, 1.54) is 18.3 Å². The lowest BCUT2D eigenvalue weighted by atomic mass is 10.4. The number of nitrogen functional groups attached to an aromatic ring is 1. The first-order chi connectivity index (χ1) is 8.58. The van der Waals surface area contributed by atoms with E-state index in [0.717, 1.165) is 0 Å². The SMILES string of the molecule is CN(C)c1n[nH]c(N)c1N=Nc1ccc(F)nc1. The van der Waals surface area contributed by atoms with Crippen molar-refractivity contribution in [1.82, 2.24) is 15.2 Å². The summed E-state index contributed by atoms with van der Waals surface area (Å²) in [4.78, 5) is 5.23. The normalized spacial score (nSPS) is 11.1. The molecule has 0 radical (unpaired) electrons. The minimum absolute atomic E-state index is 0.317. The number of halogens is 1. The summed E-state index contributed by atoms with van der Waals surface area (Å²) in [7, 11) is 3.63. The second-order valence-electron chi connectivity index (χ2n) is 3.74. The van der Waals surface area contributed by atoms with Crippen molar-refractivity contribution < 1.29 is 4.39 Å². The first-order valence-corrected chi connectivity index (χ1v) is 5.12. The van der Waals surface area contributed by atoms with Gasteiger partial charge in [0.1, 0.15) is 11.5 Å². The molecule has 7 nitrogen and oxygen atoms in total. The van der Waals surface area contributed by atoms with Crippen LogP contribution in [0.1, 0.15) is 0 Å². The number of rotatable bonds is 3. The maximum atomic E-state index is 12.6. The highest BCUT2D eigenvalue weighted by atomic mass is 19.1. The van der Waals surface area contributed by atoms with Gasteiger partial charge in [0.15, 0.2) is 11.5 Å². The van der Waals surface area contributed by atoms with Crippen LogP contribution in [0.15, 0.2) is 28.6 Å². The Hall–Kier alpha value is -2.51.